The fraction of sp³-hybridized carbons (Fsp3) is 0.100. The molecule has 0 aromatic heterocycles. The molecule has 0 aliphatic carbocycles. The third-order valence-corrected chi connectivity index (χ3v) is 4.21. The molecule has 2 aromatic carbocycles. The summed E-state index contributed by atoms with van der Waals surface area (Å²) in [6.07, 6.45) is 3.96. The van der Waals surface area contributed by atoms with Crippen molar-refractivity contribution in [2.24, 2.45) is 0 Å². The van der Waals surface area contributed by atoms with Crippen molar-refractivity contribution >= 4 is 10.8 Å². The Hall–Kier alpha value is -2.94. The van der Waals surface area contributed by atoms with Gasteiger partial charge in [0.15, 0.2) is 5.43 Å². The zero-order valence-corrected chi connectivity index (χ0v) is 12.7. The highest BCUT2D eigenvalue weighted by Gasteiger charge is 2.13. The van der Waals surface area contributed by atoms with Gasteiger partial charge in [-0.25, -0.2) is 4.98 Å². The van der Waals surface area contributed by atoms with Gasteiger partial charge >= 0.3 is 0 Å². The Morgan fingerprint density at radius 2 is 1.78 bits per heavy atom. The first-order valence-corrected chi connectivity index (χ1v) is 7.66. The molecule has 23 heavy (non-hydrogen) atoms. The van der Waals surface area contributed by atoms with Crippen LogP contribution in [0.1, 0.15) is 12.5 Å². The van der Waals surface area contributed by atoms with E-state index in [1.165, 1.54) is 23.5 Å². The van der Waals surface area contributed by atoms with Crippen LogP contribution in [0.3, 0.4) is 0 Å². The minimum Gasteiger partial charge on any atom is -0.472 e. The molecule has 0 N–H and O–H groups in total. The van der Waals surface area contributed by atoms with Crippen molar-refractivity contribution in [3.63, 3.8) is 0 Å². The van der Waals surface area contributed by atoms with Crippen molar-refractivity contribution in [2.45, 2.75) is 13.3 Å². The molecule has 4 rings (SSSR count). The first-order chi connectivity index (χ1) is 11.3. The van der Waals surface area contributed by atoms with Crippen LogP contribution >= 0.6 is 0 Å². The van der Waals surface area contributed by atoms with Gasteiger partial charge in [0.05, 0.1) is 23.2 Å². The monoisotopic (exact) mass is 301 g/mol. The summed E-state index contributed by atoms with van der Waals surface area (Å²) in [5, 5.41) is 2.34. The van der Waals surface area contributed by atoms with E-state index in [-0.39, 0.29) is 5.43 Å². The maximum Gasteiger partial charge on any atom is 0.193 e. The molecule has 2 aliphatic rings. The molecule has 0 bridgehead atoms. The van der Waals surface area contributed by atoms with Gasteiger partial charge < -0.3 is 4.42 Å². The van der Waals surface area contributed by atoms with Gasteiger partial charge in [0.2, 0.25) is 0 Å². The summed E-state index contributed by atoms with van der Waals surface area (Å²) in [4.78, 5) is 17.0. The molecule has 0 saturated heterocycles. The molecule has 0 unspecified atom stereocenters. The summed E-state index contributed by atoms with van der Waals surface area (Å²) in [7, 11) is 0. The molecule has 112 valence electrons. The molecule has 3 heteroatoms. The van der Waals surface area contributed by atoms with Crippen LogP contribution in [-0.2, 0) is 6.42 Å². The molecule has 2 heterocycles. The highest BCUT2D eigenvalue weighted by molar-refractivity contribution is 5.98. The first kappa shape index (κ1) is 13.7. The highest BCUT2D eigenvalue weighted by atomic mass is 16.3. The van der Waals surface area contributed by atoms with Crippen molar-refractivity contribution in [3.05, 3.63) is 76.8 Å². The summed E-state index contributed by atoms with van der Waals surface area (Å²) >= 11 is 0. The largest absolute Gasteiger partial charge is 0.472 e. The van der Waals surface area contributed by atoms with Crippen molar-refractivity contribution < 1.29 is 4.42 Å². The molecule has 0 atom stereocenters. The zero-order chi connectivity index (χ0) is 15.8. The van der Waals surface area contributed by atoms with E-state index in [4.69, 9.17) is 4.42 Å². The van der Waals surface area contributed by atoms with Crippen LogP contribution in [0, 0.1) is 0 Å². The average Bonchev–Trinajstić information content (AvgIpc) is 2.60. The summed E-state index contributed by atoms with van der Waals surface area (Å²) in [5.74, 6) is 0. The van der Waals surface area contributed by atoms with Gasteiger partial charge in [0.1, 0.15) is 6.26 Å². The Morgan fingerprint density at radius 1 is 0.957 bits per heavy atom. The molecule has 0 spiro atoms. The topological polar surface area (TPSA) is 43.1 Å². The number of benzene rings is 2. The van der Waals surface area contributed by atoms with E-state index in [1.54, 1.807) is 12.1 Å². The molecule has 0 radical (unpaired) electrons. The van der Waals surface area contributed by atoms with Gasteiger partial charge in [-0.05, 0) is 28.8 Å². The van der Waals surface area contributed by atoms with E-state index < -0.39 is 0 Å². The summed E-state index contributed by atoms with van der Waals surface area (Å²) in [6, 6.07) is 15.8. The second-order valence-electron chi connectivity index (χ2n) is 5.53. The lowest BCUT2D eigenvalue weighted by molar-refractivity contribution is 0.550. The average molecular weight is 301 g/mol. The van der Waals surface area contributed by atoms with E-state index in [0.29, 0.717) is 17.0 Å². The minimum atomic E-state index is -0.0713. The van der Waals surface area contributed by atoms with Crippen molar-refractivity contribution in [2.75, 3.05) is 0 Å². The fourth-order valence-corrected chi connectivity index (χ4v) is 3.04. The Labute approximate surface area is 133 Å². The number of aromatic nitrogens is 1. The number of hydrogen-bond donors (Lipinski definition) is 0. The van der Waals surface area contributed by atoms with E-state index in [9.17, 15) is 4.79 Å². The van der Waals surface area contributed by atoms with Crippen molar-refractivity contribution in [1.29, 1.82) is 0 Å². The van der Waals surface area contributed by atoms with Crippen LogP contribution in [0.2, 0.25) is 0 Å². The van der Waals surface area contributed by atoms with Crippen LogP contribution in [-0.4, -0.2) is 4.98 Å². The van der Waals surface area contributed by atoms with Crippen LogP contribution in [0.4, 0.5) is 0 Å². The number of hydrogen-bond acceptors (Lipinski definition) is 3. The van der Waals surface area contributed by atoms with E-state index in [2.05, 4.69) is 36.2 Å². The van der Waals surface area contributed by atoms with Crippen molar-refractivity contribution in [3.8, 4) is 22.5 Å². The maximum atomic E-state index is 12.3. The van der Waals surface area contributed by atoms with Gasteiger partial charge in [0.25, 0.3) is 0 Å². The lowest BCUT2D eigenvalue weighted by Gasteiger charge is -2.11. The van der Waals surface area contributed by atoms with Gasteiger partial charge in [-0.1, -0.05) is 43.3 Å². The Balaban J connectivity index is 2.04. The molecule has 0 amide bonds. The predicted octanol–water partition coefficient (Wildman–Crippen LogP) is 4.52. The lowest BCUT2D eigenvalue weighted by Crippen LogP contribution is -2.07. The van der Waals surface area contributed by atoms with Gasteiger partial charge in [-0.15, -0.1) is 0 Å². The van der Waals surface area contributed by atoms with Crippen molar-refractivity contribution in [1.82, 2.24) is 4.98 Å². The number of pyridine rings is 1. The summed E-state index contributed by atoms with van der Waals surface area (Å²) in [5.41, 5.74) is 4.07. The third-order valence-electron chi connectivity index (χ3n) is 4.21. The Kier molecular flexibility index (Phi) is 3.19. The smallest absolute Gasteiger partial charge is 0.193 e. The third kappa shape index (κ3) is 2.21. The second kappa shape index (κ2) is 5.36. The predicted molar refractivity (Wildman–Crippen MR) is 91.7 cm³/mol. The molecule has 2 aliphatic heterocycles. The Bertz CT molecular complexity index is 1030. The zero-order valence-electron chi connectivity index (χ0n) is 12.7. The quantitative estimate of drug-likeness (QED) is 0.546. The molecule has 0 fully saturated rings. The van der Waals surface area contributed by atoms with Gasteiger partial charge in [0, 0.05) is 11.6 Å². The first-order valence-electron chi connectivity index (χ1n) is 7.66. The summed E-state index contributed by atoms with van der Waals surface area (Å²) in [6.45, 7) is 2.15. The normalized spacial score (nSPS) is 11.2. The van der Waals surface area contributed by atoms with Crippen LogP contribution in [0.25, 0.3) is 33.3 Å². The van der Waals surface area contributed by atoms with Gasteiger partial charge in [-0.3, -0.25) is 4.79 Å². The fourth-order valence-electron chi connectivity index (χ4n) is 3.04. The Morgan fingerprint density at radius 3 is 2.61 bits per heavy atom. The minimum absolute atomic E-state index is 0.0713. The second-order valence-corrected chi connectivity index (χ2v) is 5.53. The highest BCUT2D eigenvalue weighted by Crippen LogP contribution is 2.31. The molecule has 2 aromatic rings. The van der Waals surface area contributed by atoms with Crippen LogP contribution < -0.4 is 5.43 Å². The lowest BCUT2D eigenvalue weighted by atomic mass is 9.96. The molecular weight excluding hydrogens is 286 g/mol. The number of nitrogens with zero attached hydrogens (tertiary/aromatic N) is 1. The van der Waals surface area contributed by atoms with Crippen LogP contribution in [0.5, 0.6) is 0 Å². The van der Waals surface area contributed by atoms with E-state index in [1.807, 2.05) is 12.1 Å². The molecule has 0 saturated carbocycles. The molecular formula is C20H15NO2. The van der Waals surface area contributed by atoms with Gasteiger partial charge in [-0.2, -0.15) is 0 Å². The van der Waals surface area contributed by atoms with E-state index in [0.717, 1.165) is 17.4 Å². The standard InChI is InChI=1S/C20H15NO2/c1-2-13-7-8-16(15-6-4-3-5-14(13)15)19-11-20(22)17-12-23-10-9-18(17)21-19/h3-12H,2H2,1H3. The summed E-state index contributed by atoms with van der Waals surface area (Å²) < 4.78 is 5.08. The SMILES string of the molecule is CCc1ccc(-c2cc(=O)c3coccc-3n2)c2ccccc12. The maximum absolute atomic E-state index is 12.3. The van der Waals surface area contributed by atoms with E-state index >= 15 is 0 Å². The number of aryl methyl sites for hydroxylation is 1. The number of fused-ring (bicyclic) bond motifs is 2. The van der Waals surface area contributed by atoms with Crippen LogP contribution in [0.15, 0.2) is 70.3 Å². The number of rotatable bonds is 2. The molecule has 3 nitrogen and oxygen atoms in total.